The highest BCUT2D eigenvalue weighted by molar-refractivity contribution is 5.96. The summed E-state index contributed by atoms with van der Waals surface area (Å²) >= 11 is 0. The zero-order valence-electron chi connectivity index (χ0n) is 11.1. The van der Waals surface area contributed by atoms with Crippen LogP contribution in [-0.4, -0.2) is 24.5 Å². The third-order valence-corrected chi connectivity index (χ3v) is 2.80. The summed E-state index contributed by atoms with van der Waals surface area (Å²) in [6, 6.07) is 9.63. The highest BCUT2D eigenvalue weighted by Gasteiger charge is 2.11. The number of hydrogen-bond donors (Lipinski definition) is 1. The Hall–Kier alpha value is -2.43. The average Bonchev–Trinajstić information content (AvgIpc) is 2.47. The molecule has 2 aromatic rings. The van der Waals surface area contributed by atoms with Crippen molar-refractivity contribution in [2.24, 2.45) is 0 Å². The van der Waals surface area contributed by atoms with Gasteiger partial charge in [0.1, 0.15) is 11.4 Å². The van der Waals surface area contributed by atoms with Gasteiger partial charge in [-0.2, -0.15) is 0 Å². The molecule has 1 aromatic carbocycles. The first-order valence-corrected chi connectivity index (χ1v) is 6.22. The molecule has 2 rings (SSSR count). The molecule has 5 heteroatoms. The van der Waals surface area contributed by atoms with Crippen LogP contribution in [0.2, 0.25) is 0 Å². The average molecular weight is 274 g/mol. The van der Waals surface area contributed by atoms with E-state index >= 15 is 0 Å². The molecule has 104 valence electrons. The van der Waals surface area contributed by atoms with Crippen LogP contribution in [0.3, 0.4) is 0 Å². The smallest absolute Gasteiger partial charge is 0.256 e. The zero-order chi connectivity index (χ0) is 14.4. The molecule has 1 aromatic heterocycles. The van der Waals surface area contributed by atoms with Crippen molar-refractivity contribution in [2.75, 3.05) is 13.7 Å². The second-order valence-corrected chi connectivity index (χ2v) is 4.20. The van der Waals surface area contributed by atoms with Crippen molar-refractivity contribution in [3.8, 4) is 5.88 Å². The van der Waals surface area contributed by atoms with Crippen molar-refractivity contribution < 1.29 is 13.9 Å². The van der Waals surface area contributed by atoms with E-state index in [4.69, 9.17) is 4.74 Å². The lowest BCUT2D eigenvalue weighted by molar-refractivity contribution is 0.0950. The molecule has 0 aliphatic heterocycles. The molecule has 0 aliphatic rings. The molecule has 20 heavy (non-hydrogen) atoms. The standard InChI is InChI=1S/C15H15FN2O2/c1-20-15-13(6-3-8-18-15)14(19)17-9-7-11-4-2-5-12(16)10-11/h2-6,8,10H,7,9H2,1H3,(H,17,19). The fourth-order valence-corrected chi connectivity index (χ4v) is 1.83. The summed E-state index contributed by atoms with van der Waals surface area (Å²) in [6.45, 7) is 0.417. The Morgan fingerprint density at radius 1 is 1.35 bits per heavy atom. The quantitative estimate of drug-likeness (QED) is 0.909. The minimum absolute atomic E-state index is 0.258. The SMILES string of the molecule is COc1ncccc1C(=O)NCCc1cccc(F)c1. The molecule has 1 N–H and O–H groups in total. The first-order chi connectivity index (χ1) is 9.70. The van der Waals surface area contributed by atoms with E-state index in [1.807, 2.05) is 6.07 Å². The lowest BCUT2D eigenvalue weighted by Crippen LogP contribution is -2.26. The number of nitrogens with one attached hydrogen (secondary N) is 1. The van der Waals surface area contributed by atoms with Crippen LogP contribution in [0.15, 0.2) is 42.6 Å². The van der Waals surface area contributed by atoms with Gasteiger partial charge in [-0.3, -0.25) is 4.79 Å². The lowest BCUT2D eigenvalue weighted by atomic mass is 10.1. The second-order valence-electron chi connectivity index (χ2n) is 4.20. The van der Waals surface area contributed by atoms with Crippen molar-refractivity contribution in [1.82, 2.24) is 10.3 Å². The van der Waals surface area contributed by atoms with Crippen LogP contribution < -0.4 is 10.1 Å². The fraction of sp³-hybridized carbons (Fsp3) is 0.200. The highest BCUT2D eigenvalue weighted by atomic mass is 19.1. The van der Waals surface area contributed by atoms with Crippen molar-refractivity contribution in [1.29, 1.82) is 0 Å². The van der Waals surface area contributed by atoms with E-state index in [-0.39, 0.29) is 17.6 Å². The van der Waals surface area contributed by atoms with Gasteiger partial charge in [0.15, 0.2) is 0 Å². The molecule has 0 spiro atoms. The Labute approximate surface area is 116 Å². The number of hydrogen-bond acceptors (Lipinski definition) is 3. The van der Waals surface area contributed by atoms with Gasteiger partial charge in [-0.1, -0.05) is 12.1 Å². The molecule has 1 amide bonds. The number of carbonyl (C=O) groups is 1. The molecule has 0 aliphatic carbocycles. The molecule has 4 nitrogen and oxygen atoms in total. The van der Waals surface area contributed by atoms with Crippen LogP contribution >= 0.6 is 0 Å². The molecule has 0 unspecified atom stereocenters. The summed E-state index contributed by atoms with van der Waals surface area (Å²) in [5.74, 6) is -0.245. The van der Waals surface area contributed by atoms with E-state index in [0.29, 0.717) is 18.5 Å². The number of rotatable bonds is 5. The molecule has 0 atom stereocenters. The molecule has 0 radical (unpaired) electrons. The number of benzene rings is 1. The van der Waals surface area contributed by atoms with Crippen LogP contribution in [0.25, 0.3) is 0 Å². The Balaban J connectivity index is 1.92. The van der Waals surface area contributed by atoms with E-state index in [2.05, 4.69) is 10.3 Å². The zero-order valence-corrected chi connectivity index (χ0v) is 11.1. The summed E-state index contributed by atoms with van der Waals surface area (Å²) in [5, 5.41) is 2.76. The predicted molar refractivity (Wildman–Crippen MR) is 73.2 cm³/mol. The van der Waals surface area contributed by atoms with Crippen molar-refractivity contribution >= 4 is 5.91 Å². The van der Waals surface area contributed by atoms with Gasteiger partial charge in [-0.05, 0) is 36.2 Å². The van der Waals surface area contributed by atoms with Crippen molar-refractivity contribution in [2.45, 2.75) is 6.42 Å². The Kier molecular flexibility index (Phi) is 4.65. The van der Waals surface area contributed by atoms with Crippen LogP contribution in [0.4, 0.5) is 4.39 Å². The van der Waals surface area contributed by atoms with Crippen LogP contribution in [0.5, 0.6) is 5.88 Å². The molecule has 0 saturated carbocycles. The number of methoxy groups -OCH3 is 1. The third-order valence-electron chi connectivity index (χ3n) is 2.80. The first-order valence-electron chi connectivity index (χ1n) is 6.22. The van der Waals surface area contributed by atoms with Crippen LogP contribution in [0, 0.1) is 5.82 Å². The van der Waals surface area contributed by atoms with Gasteiger partial charge < -0.3 is 10.1 Å². The monoisotopic (exact) mass is 274 g/mol. The van der Waals surface area contributed by atoms with Crippen molar-refractivity contribution in [3.63, 3.8) is 0 Å². The maximum absolute atomic E-state index is 13.0. The van der Waals surface area contributed by atoms with Gasteiger partial charge in [0.25, 0.3) is 5.91 Å². The normalized spacial score (nSPS) is 10.1. The summed E-state index contributed by atoms with van der Waals surface area (Å²) < 4.78 is 18.0. The van der Waals surface area contributed by atoms with Crippen molar-refractivity contribution in [3.05, 3.63) is 59.5 Å². The van der Waals surface area contributed by atoms with E-state index < -0.39 is 0 Å². The number of ether oxygens (including phenoxy) is 1. The molecular weight excluding hydrogens is 259 g/mol. The van der Waals surface area contributed by atoms with Gasteiger partial charge in [-0.15, -0.1) is 0 Å². The van der Waals surface area contributed by atoms with E-state index in [1.165, 1.54) is 19.2 Å². The molecule has 0 saturated heterocycles. The van der Waals surface area contributed by atoms with Gasteiger partial charge in [-0.25, -0.2) is 9.37 Å². The lowest BCUT2D eigenvalue weighted by Gasteiger charge is -2.08. The maximum Gasteiger partial charge on any atom is 0.256 e. The number of aromatic nitrogens is 1. The van der Waals surface area contributed by atoms with E-state index in [0.717, 1.165) is 5.56 Å². The number of carbonyl (C=O) groups excluding carboxylic acids is 1. The first kappa shape index (κ1) is 14.0. The number of halogens is 1. The summed E-state index contributed by atoms with van der Waals surface area (Å²) in [4.78, 5) is 15.9. The largest absolute Gasteiger partial charge is 0.480 e. The van der Waals surface area contributed by atoms with Crippen LogP contribution in [0.1, 0.15) is 15.9 Å². The Morgan fingerprint density at radius 2 is 2.20 bits per heavy atom. The predicted octanol–water partition coefficient (Wildman–Crippen LogP) is 2.20. The minimum atomic E-state index is -0.275. The minimum Gasteiger partial charge on any atom is -0.480 e. The van der Waals surface area contributed by atoms with Crippen LogP contribution in [-0.2, 0) is 6.42 Å². The van der Waals surface area contributed by atoms with Gasteiger partial charge in [0.2, 0.25) is 5.88 Å². The second kappa shape index (κ2) is 6.65. The topological polar surface area (TPSA) is 51.2 Å². The molecule has 1 heterocycles. The number of nitrogens with zero attached hydrogens (tertiary/aromatic N) is 1. The van der Waals surface area contributed by atoms with Gasteiger partial charge in [0, 0.05) is 12.7 Å². The number of pyridine rings is 1. The number of amides is 1. The molecular formula is C15H15FN2O2. The van der Waals surface area contributed by atoms with E-state index in [9.17, 15) is 9.18 Å². The van der Waals surface area contributed by atoms with Gasteiger partial charge >= 0.3 is 0 Å². The highest BCUT2D eigenvalue weighted by Crippen LogP contribution is 2.13. The summed E-state index contributed by atoms with van der Waals surface area (Å²) in [7, 11) is 1.46. The summed E-state index contributed by atoms with van der Waals surface area (Å²) in [6.07, 6.45) is 2.12. The fourth-order valence-electron chi connectivity index (χ4n) is 1.83. The summed E-state index contributed by atoms with van der Waals surface area (Å²) in [5.41, 5.74) is 1.22. The molecule has 0 fully saturated rings. The maximum atomic E-state index is 13.0. The molecule has 0 bridgehead atoms. The van der Waals surface area contributed by atoms with Gasteiger partial charge in [0.05, 0.1) is 7.11 Å². The Bertz CT molecular complexity index is 602. The third kappa shape index (κ3) is 3.54. The van der Waals surface area contributed by atoms with E-state index in [1.54, 1.807) is 24.4 Å². The Morgan fingerprint density at radius 3 is 2.95 bits per heavy atom.